The highest BCUT2D eigenvalue weighted by atomic mass is 32.2. The van der Waals surface area contributed by atoms with Gasteiger partial charge in [0.15, 0.2) is 0 Å². The van der Waals surface area contributed by atoms with Crippen LogP contribution in [0.5, 0.6) is 0 Å². The Labute approximate surface area is 150 Å². The molecule has 0 aromatic heterocycles. The molecule has 2 heterocycles. The van der Waals surface area contributed by atoms with Gasteiger partial charge in [0.1, 0.15) is 0 Å². The lowest BCUT2D eigenvalue weighted by molar-refractivity contribution is 0.128. The zero-order valence-corrected chi connectivity index (χ0v) is 16.5. The maximum atomic E-state index is 11.4. The zero-order valence-electron chi connectivity index (χ0n) is 15.6. The molecule has 1 aromatic carbocycles. The molecule has 134 valence electrons. The summed E-state index contributed by atoms with van der Waals surface area (Å²) in [5.41, 5.74) is 3.66. The average Bonchev–Trinajstić information content (AvgIpc) is 2.56. The van der Waals surface area contributed by atoms with Crippen LogP contribution in [0.4, 0.5) is 0 Å². The van der Waals surface area contributed by atoms with Gasteiger partial charge < -0.3 is 4.90 Å². The average molecular weight is 348 g/mol. The predicted octanol–water partition coefficient (Wildman–Crippen LogP) is 4.15. The van der Waals surface area contributed by atoms with Crippen molar-refractivity contribution < 1.29 is 4.21 Å². The molecule has 0 atom stereocenters. The molecule has 0 aliphatic carbocycles. The fraction of sp³-hybridized carbons (Fsp3) is 0.714. The maximum absolute atomic E-state index is 11.4. The molecule has 2 saturated heterocycles. The molecular weight excluding hydrogens is 314 g/mol. The van der Waals surface area contributed by atoms with Gasteiger partial charge >= 0.3 is 0 Å². The smallest absolute Gasteiger partial charge is 0.0301 e. The van der Waals surface area contributed by atoms with Gasteiger partial charge in [-0.1, -0.05) is 45.0 Å². The number of hydrogen-bond acceptors (Lipinski definition) is 2. The van der Waals surface area contributed by atoms with Crippen molar-refractivity contribution in [3.05, 3.63) is 35.4 Å². The van der Waals surface area contributed by atoms with Crippen molar-refractivity contribution >= 4 is 10.8 Å². The highest BCUT2D eigenvalue weighted by Crippen LogP contribution is 2.40. The lowest BCUT2D eigenvalue weighted by Gasteiger charge is -2.47. The van der Waals surface area contributed by atoms with Crippen LogP contribution in [0.3, 0.4) is 0 Å². The van der Waals surface area contributed by atoms with Gasteiger partial charge in [0.05, 0.1) is 0 Å². The second kappa shape index (κ2) is 7.29. The molecule has 2 aliphatic rings. The molecule has 2 fully saturated rings. The first-order valence-electron chi connectivity index (χ1n) is 9.59. The zero-order chi connectivity index (χ0) is 17.2. The lowest BCUT2D eigenvalue weighted by atomic mass is 9.81. The summed E-state index contributed by atoms with van der Waals surface area (Å²) in [4.78, 5) is 2.61. The SMILES string of the molecule is CCC(C)(C)c1ccc(CCCN2CCC3(CC2)CS(=O)C3)cc1. The van der Waals surface area contributed by atoms with Gasteiger partial charge in [-0.3, -0.25) is 4.21 Å². The van der Waals surface area contributed by atoms with Crippen molar-refractivity contribution in [2.75, 3.05) is 31.1 Å². The molecule has 2 nitrogen and oxygen atoms in total. The number of nitrogens with zero attached hydrogens (tertiary/aromatic N) is 1. The van der Waals surface area contributed by atoms with Crippen LogP contribution in [0, 0.1) is 5.41 Å². The van der Waals surface area contributed by atoms with Gasteiger partial charge in [0.25, 0.3) is 0 Å². The Morgan fingerprint density at radius 1 is 1.12 bits per heavy atom. The lowest BCUT2D eigenvalue weighted by Crippen LogP contribution is -2.52. The van der Waals surface area contributed by atoms with Gasteiger partial charge in [-0.05, 0) is 73.7 Å². The van der Waals surface area contributed by atoms with E-state index in [1.807, 2.05) is 0 Å². The Hall–Kier alpha value is -0.670. The Bertz CT molecular complexity index is 560. The fourth-order valence-corrected chi connectivity index (χ4v) is 5.87. The van der Waals surface area contributed by atoms with E-state index in [1.54, 1.807) is 0 Å². The molecule has 0 saturated carbocycles. The summed E-state index contributed by atoms with van der Waals surface area (Å²) in [6.07, 6.45) is 6.13. The van der Waals surface area contributed by atoms with E-state index in [0.29, 0.717) is 5.41 Å². The van der Waals surface area contributed by atoms with Crippen LogP contribution in [0.2, 0.25) is 0 Å². The van der Waals surface area contributed by atoms with Crippen molar-refractivity contribution in [2.45, 2.75) is 58.3 Å². The maximum Gasteiger partial charge on any atom is 0.0301 e. The first-order chi connectivity index (χ1) is 11.4. The van der Waals surface area contributed by atoms with E-state index in [2.05, 4.69) is 49.9 Å². The number of likely N-dealkylation sites (tertiary alicyclic amines) is 1. The fourth-order valence-electron chi connectivity index (χ4n) is 4.01. The van der Waals surface area contributed by atoms with Crippen LogP contribution in [-0.2, 0) is 22.6 Å². The highest BCUT2D eigenvalue weighted by Gasteiger charge is 2.44. The van der Waals surface area contributed by atoms with E-state index in [-0.39, 0.29) is 5.41 Å². The summed E-state index contributed by atoms with van der Waals surface area (Å²) in [6.45, 7) is 10.5. The predicted molar refractivity (Wildman–Crippen MR) is 104 cm³/mol. The van der Waals surface area contributed by atoms with E-state index >= 15 is 0 Å². The summed E-state index contributed by atoms with van der Waals surface area (Å²) in [5.74, 6) is 1.95. The Kier molecular flexibility index (Phi) is 5.51. The number of aryl methyl sites for hydroxylation is 1. The monoisotopic (exact) mass is 347 g/mol. The van der Waals surface area contributed by atoms with Crippen molar-refractivity contribution in [3.8, 4) is 0 Å². The Morgan fingerprint density at radius 2 is 1.75 bits per heavy atom. The van der Waals surface area contributed by atoms with Crippen molar-refractivity contribution in [3.63, 3.8) is 0 Å². The van der Waals surface area contributed by atoms with Gasteiger partial charge in [-0.25, -0.2) is 0 Å². The molecule has 3 rings (SSSR count). The molecule has 2 aliphatic heterocycles. The second-order valence-electron chi connectivity index (χ2n) is 8.61. The number of hydrogen-bond donors (Lipinski definition) is 0. The minimum atomic E-state index is -0.498. The largest absolute Gasteiger partial charge is 0.303 e. The van der Waals surface area contributed by atoms with E-state index in [9.17, 15) is 4.21 Å². The summed E-state index contributed by atoms with van der Waals surface area (Å²) < 4.78 is 11.4. The van der Waals surface area contributed by atoms with E-state index in [1.165, 1.54) is 62.9 Å². The van der Waals surface area contributed by atoms with Crippen LogP contribution in [-0.4, -0.2) is 40.2 Å². The molecule has 0 N–H and O–H groups in total. The summed E-state index contributed by atoms with van der Waals surface area (Å²) >= 11 is 0. The summed E-state index contributed by atoms with van der Waals surface area (Å²) in [6, 6.07) is 9.28. The topological polar surface area (TPSA) is 20.3 Å². The number of piperidine rings is 1. The molecule has 0 unspecified atom stereocenters. The third kappa shape index (κ3) is 4.11. The normalized spacial score (nSPS) is 21.8. The van der Waals surface area contributed by atoms with Crippen LogP contribution >= 0.6 is 0 Å². The summed E-state index contributed by atoms with van der Waals surface area (Å²) in [7, 11) is -0.498. The molecule has 3 heteroatoms. The second-order valence-corrected chi connectivity index (χ2v) is 10.1. The number of rotatable bonds is 6. The van der Waals surface area contributed by atoms with Crippen LogP contribution in [0.25, 0.3) is 0 Å². The van der Waals surface area contributed by atoms with Gasteiger partial charge in [0, 0.05) is 22.3 Å². The standard InChI is InChI=1S/C21H33NOS/c1-4-20(2,3)19-9-7-18(8-10-19)6-5-13-22-14-11-21(12-15-22)16-24(23)17-21/h7-10H,4-6,11-17H2,1-3H3. The number of benzene rings is 1. The molecule has 0 radical (unpaired) electrons. The molecule has 1 spiro atoms. The Balaban J connectivity index is 1.40. The first-order valence-corrected chi connectivity index (χ1v) is 11.1. The molecule has 0 bridgehead atoms. The minimum Gasteiger partial charge on any atom is -0.303 e. The van der Waals surface area contributed by atoms with Crippen LogP contribution in [0.15, 0.2) is 24.3 Å². The van der Waals surface area contributed by atoms with Gasteiger partial charge in [0.2, 0.25) is 0 Å². The minimum absolute atomic E-state index is 0.285. The molecule has 1 aromatic rings. The molecular formula is C21H33NOS. The van der Waals surface area contributed by atoms with Crippen molar-refractivity contribution in [1.29, 1.82) is 0 Å². The van der Waals surface area contributed by atoms with Gasteiger partial charge in [-0.15, -0.1) is 0 Å². The van der Waals surface area contributed by atoms with Crippen LogP contribution in [0.1, 0.15) is 57.6 Å². The first kappa shape index (κ1) is 18.1. The molecule has 24 heavy (non-hydrogen) atoms. The molecule has 0 amide bonds. The van der Waals surface area contributed by atoms with E-state index in [4.69, 9.17) is 0 Å². The Morgan fingerprint density at radius 3 is 2.29 bits per heavy atom. The van der Waals surface area contributed by atoms with Crippen molar-refractivity contribution in [1.82, 2.24) is 4.90 Å². The van der Waals surface area contributed by atoms with Crippen molar-refractivity contribution in [2.24, 2.45) is 5.41 Å². The summed E-state index contributed by atoms with van der Waals surface area (Å²) in [5, 5.41) is 0. The third-order valence-electron chi connectivity index (χ3n) is 6.41. The van der Waals surface area contributed by atoms with Gasteiger partial charge in [-0.2, -0.15) is 0 Å². The third-order valence-corrected chi connectivity index (χ3v) is 8.28. The van der Waals surface area contributed by atoms with Crippen LogP contribution < -0.4 is 0 Å². The highest BCUT2D eigenvalue weighted by molar-refractivity contribution is 7.86. The van der Waals surface area contributed by atoms with E-state index in [0.717, 1.165) is 11.5 Å². The quantitative estimate of drug-likeness (QED) is 0.770. The van der Waals surface area contributed by atoms with E-state index < -0.39 is 10.8 Å².